The number of carbonyl (C=O) groups is 1. The summed E-state index contributed by atoms with van der Waals surface area (Å²) in [5, 5.41) is 0. The summed E-state index contributed by atoms with van der Waals surface area (Å²) in [7, 11) is -3.96. The van der Waals surface area contributed by atoms with E-state index in [9.17, 15) is 13.2 Å². The van der Waals surface area contributed by atoms with E-state index in [-0.39, 0.29) is 10.8 Å². The molecule has 0 aliphatic rings. The summed E-state index contributed by atoms with van der Waals surface area (Å²) in [5.74, 6) is -0.798. The van der Waals surface area contributed by atoms with Gasteiger partial charge in [-0.15, -0.1) is 4.40 Å². The lowest BCUT2D eigenvalue weighted by atomic mass is 9.97. The minimum absolute atomic E-state index is 0.0440. The fraction of sp³-hybridized carbons (Fsp3) is 0.222. The Morgan fingerprint density at radius 3 is 1.92 bits per heavy atom. The molecule has 0 atom stereocenters. The molecule has 126 valence electrons. The maximum absolute atomic E-state index is 12.4. The van der Waals surface area contributed by atoms with Crippen molar-refractivity contribution in [2.75, 3.05) is 0 Å². The Hall–Kier alpha value is -2.47. The molecular weight excluding hydrogens is 326 g/mol. The molecule has 6 heteroatoms. The summed E-state index contributed by atoms with van der Waals surface area (Å²) >= 11 is 0. The van der Waals surface area contributed by atoms with Gasteiger partial charge in [-0.25, -0.2) is 4.79 Å². The summed E-state index contributed by atoms with van der Waals surface area (Å²) < 4.78 is 33.9. The van der Waals surface area contributed by atoms with Gasteiger partial charge in [0, 0.05) is 5.41 Å². The van der Waals surface area contributed by atoms with Crippen molar-refractivity contribution in [2.24, 2.45) is 9.81 Å². The average Bonchev–Trinajstić information content (AvgIpc) is 2.55. The van der Waals surface area contributed by atoms with Crippen LogP contribution in [0.2, 0.25) is 0 Å². The zero-order chi connectivity index (χ0) is 17.8. The fourth-order valence-electron chi connectivity index (χ4n) is 1.78. The maximum atomic E-state index is 12.4. The first kappa shape index (κ1) is 17.9. The minimum Gasteiger partial charge on any atom is -0.407 e. The topological polar surface area (TPSA) is 72.8 Å². The van der Waals surface area contributed by atoms with Gasteiger partial charge in [-0.3, -0.25) is 0 Å². The molecule has 0 unspecified atom stereocenters. The molecule has 0 saturated carbocycles. The summed E-state index contributed by atoms with van der Waals surface area (Å²) in [4.78, 5) is 12.3. The molecule has 2 rings (SSSR count). The van der Waals surface area contributed by atoms with Crippen molar-refractivity contribution in [2.45, 2.75) is 25.7 Å². The van der Waals surface area contributed by atoms with Crippen LogP contribution in [0.5, 0.6) is 0 Å². The molecule has 0 aliphatic carbocycles. The van der Waals surface area contributed by atoms with Crippen molar-refractivity contribution in [3.63, 3.8) is 0 Å². The van der Waals surface area contributed by atoms with E-state index < -0.39 is 21.4 Å². The number of rotatable bonds is 3. The van der Waals surface area contributed by atoms with Crippen LogP contribution < -0.4 is 0 Å². The second-order valence-electron chi connectivity index (χ2n) is 6.19. The number of hydrogen-bond acceptors (Lipinski definition) is 4. The Bertz CT molecular complexity index is 836. The Balaban J connectivity index is 2.38. The van der Waals surface area contributed by atoms with Crippen LogP contribution in [0.25, 0.3) is 0 Å². The molecule has 0 radical (unpaired) electrons. The van der Waals surface area contributed by atoms with Gasteiger partial charge in [-0.1, -0.05) is 57.2 Å². The predicted octanol–water partition coefficient (Wildman–Crippen LogP) is 3.68. The van der Waals surface area contributed by atoms with Crippen LogP contribution in [0.3, 0.4) is 0 Å². The van der Waals surface area contributed by atoms with Gasteiger partial charge in [0.05, 0.1) is 10.5 Å². The summed E-state index contributed by atoms with van der Waals surface area (Å²) in [6, 6.07) is 16.2. The van der Waals surface area contributed by atoms with E-state index in [4.69, 9.17) is 4.74 Å². The van der Waals surface area contributed by atoms with E-state index >= 15 is 0 Å². The van der Waals surface area contributed by atoms with Crippen molar-refractivity contribution >= 4 is 21.9 Å². The average molecular weight is 345 g/mol. The molecule has 5 nitrogen and oxygen atoms in total. The largest absolute Gasteiger partial charge is 0.407 e. The maximum Gasteiger partial charge on any atom is 0.344 e. The number of ether oxygens (including phenoxy) is 1. The van der Waals surface area contributed by atoms with E-state index in [1.807, 2.05) is 0 Å². The van der Waals surface area contributed by atoms with Gasteiger partial charge in [0.25, 0.3) is 10.0 Å². The predicted molar refractivity (Wildman–Crippen MR) is 92.4 cm³/mol. The highest BCUT2D eigenvalue weighted by Gasteiger charge is 2.27. The molecule has 0 aromatic heterocycles. The molecule has 0 spiro atoms. The summed E-state index contributed by atoms with van der Waals surface area (Å²) in [6.45, 7) is 5.18. The lowest BCUT2D eigenvalue weighted by molar-refractivity contribution is 0.0696. The van der Waals surface area contributed by atoms with Crippen molar-refractivity contribution < 1.29 is 17.9 Å². The van der Waals surface area contributed by atoms with Crippen LogP contribution >= 0.6 is 0 Å². The normalized spacial score (nSPS) is 12.7. The number of sulfonamides is 1. The molecule has 0 aliphatic heterocycles. The SMILES string of the molecule is CC(C)(C)/C(=N\S(=O)(=O)c1ccccc1)OC(=O)c1ccccc1. The molecule has 2 aromatic rings. The Labute approximate surface area is 142 Å². The van der Waals surface area contributed by atoms with Crippen molar-refractivity contribution in [1.29, 1.82) is 0 Å². The summed E-state index contributed by atoms with van der Waals surface area (Å²) in [5.41, 5.74) is -0.432. The smallest absolute Gasteiger partial charge is 0.344 e. The highest BCUT2D eigenvalue weighted by atomic mass is 32.2. The highest BCUT2D eigenvalue weighted by Crippen LogP contribution is 2.22. The lowest BCUT2D eigenvalue weighted by Crippen LogP contribution is -2.27. The van der Waals surface area contributed by atoms with E-state index in [0.717, 1.165) is 0 Å². The number of carbonyl (C=O) groups excluding carboxylic acids is 1. The lowest BCUT2D eigenvalue weighted by Gasteiger charge is -2.20. The molecule has 0 fully saturated rings. The van der Waals surface area contributed by atoms with E-state index in [2.05, 4.69) is 4.40 Å². The quantitative estimate of drug-likeness (QED) is 0.483. The Kier molecular flexibility index (Phi) is 5.19. The van der Waals surface area contributed by atoms with Gasteiger partial charge < -0.3 is 4.74 Å². The van der Waals surface area contributed by atoms with Gasteiger partial charge in [0.15, 0.2) is 0 Å². The third-order valence-corrected chi connectivity index (χ3v) is 4.36. The zero-order valence-electron chi connectivity index (χ0n) is 13.8. The van der Waals surface area contributed by atoms with E-state index in [1.54, 1.807) is 69.3 Å². The van der Waals surface area contributed by atoms with Crippen molar-refractivity contribution in [3.8, 4) is 0 Å². The molecule has 0 N–H and O–H groups in total. The third-order valence-electron chi connectivity index (χ3n) is 3.08. The molecule has 0 bridgehead atoms. The zero-order valence-corrected chi connectivity index (χ0v) is 14.6. The molecule has 2 aromatic carbocycles. The highest BCUT2D eigenvalue weighted by molar-refractivity contribution is 7.90. The monoisotopic (exact) mass is 345 g/mol. The van der Waals surface area contributed by atoms with Crippen LogP contribution in [0.15, 0.2) is 70.0 Å². The molecule has 24 heavy (non-hydrogen) atoms. The molecule has 0 heterocycles. The number of esters is 1. The first-order valence-corrected chi connectivity index (χ1v) is 8.82. The van der Waals surface area contributed by atoms with E-state index in [1.165, 1.54) is 12.1 Å². The van der Waals surface area contributed by atoms with Crippen LogP contribution in [-0.4, -0.2) is 20.3 Å². The Morgan fingerprint density at radius 1 is 0.917 bits per heavy atom. The van der Waals surface area contributed by atoms with E-state index in [0.29, 0.717) is 5.56 Å². The van der Waals surface area contributed by atoms with Crippen LogP contribution in [0.1, 0.15) is 31.1 Å². The van der Waals surface area contributed by atoms with Gasteiger partial charge >= 0.3 is 5.97 Å². The second kappa shape index (κ2) is 6.97. The van der Waals surface area contributed by atoms with Gasteiger partial charge in [-0.2, -0.15) is 8.42 Å². The standard InChI is InChI=1S/C18H19NO4S/c1-18(2,3)17(23-16(20)14-10-6-4-7-11-14)19-24(21,22)15-12-8-5-9-13-15/h4-13H,1-3H3/b19-17+. The van der Waals surface area contributed by atoms with Gasteiger partial charge in [0.2, 0.25) is 5.90 Å². The fourth-order valence-corrected chi connectivity index (χ4v) is 2.92. The Morgan fingerprint density at radius 2 is 1.42 bits per heavy atom. The van der Waals surface area contributed by atoms with Crippen molar-refractivity contribution in [3.05, 3.63) is 66.2 Å². The van der Waals surface area contributed by atoms with Crippen molar-refractivity contribution in [1.82, 2.24) is 0 Å². The number of hydrogen-bond donors (Lipinski definition) is 0. The second-order valence-corrected chi connectivity index (χ2v) is 7.79. The number of benzene rings is 2. The summed E-state index contributed by atoms with van der Waals surface area (Å²) in [6.07, 6.45) is 0. The minimum atomic E-state index is -3.96. The number of nitrogens with zero attached hydrogens (tertiary/aromatic N) is 1. The van der Waals surface area contributed by atoms with Gasteiger partial charge in [0.1, 0.15) is 0 Å². The molecule has 0 saturated heterocycles. The van der Waals surface area contributed by atoms with Crippen LogP contribution in [0.4, 0.5) is 0 Å². The van der Waals surface area contributed by atoms with Crippen LogP contribution in [0, 0.1) is 5.41 Å². The molecule has 0 amide bonds. The first-order chi connectivity index (χ1) is 11.2. The van der Waals surface area contributed by atoms with Crippen LogP contribution in [-0.2, 0) is 14.8 Å². The third kappa shape index (κ3) is 4.52. The first-order valence-electron chi connectivity index (χ1n) is 7.38. The van der Waals surface area contributed by atoms with Gasteiger partial charge in [-0.05, 0) is 24.3 Å². The molecular formula is C18H19NO4S.